The van der Waals surface area contributed by atoms with Crippen molar-refractivity contribution in [2.24, 2.45) is 0 Å². The minimum atomic E-state index is -0.0337. The standard InChI is InChI=1S/C20H21N3O3/c1-25-18-9-15-7-8-23(12-16(15)10-19(18)26-2)13-20(24)22-17-5-3-14(11-21)4-6-17/h3-6,9-10H,7-8,12-13H2,1-2H3,(H,22,24)/p+1. The molecule has 1 amide bonds. The molecule has 1 aliphatic heterocycles. The highest BCUT2D eigenvalue weighted by Gasteiger charge is 2.24. The number of amides is 1. The van der Waals surface area contributed by atoms with Crippen LogP contribution in [0.25, 0.3) is 0 Å². The van der Waals surface area contributed by atoms with E-state index < -0.39 is 0 Å². The number of benzene rings is 2. The van der Waals surface area contributed by atoms with E-state index in [0.717, 1.165) is 31.0 Å². The summed E-state index contributed by atoms with van der Waals surface area (Å²) in [7, 11) is 3.26. The van der Waals surface area contributed by atoms with E-state index in [2.05, 4.69) is 11.4 Å². The van der Waals surface area contributed by atoms with Gasteiger partial charge in [-0.05, 0) is 42.0 Å². The summed E-state index contributed by atoms with van der Waals surface area (Å²) >= 11 is 0. The molecule has 1 aliphatic rings. The number of carbonyl (C=O) groups excluding carboxylic acids is 1. The zero-order chi connectivity index (χ0) is 18.5. The van der Waals surface area contributed by atoms with E-state index in [4.69, 9.17) is 14.7 Å². The fraction of sp³-hybridized carbons (Fsp3) is 0.300. The number of nitrogens with zero attached hydrogens (tertiary/aromatic N) is 1. The maximum Gasteiger partial charge on any atom is 0.279 e. The molecule has 2 aromatic rings. The summed E-state index contributed by atoms with van der Waals surface area (Å²) in [5.74, 6) is 1.43. The number of nitriles is 1. The summed E-state index contributed by atoms with van der Waals surface area (Å²) < 4.78 is 10.7. The number of methoxy groups -OCH3 is 2. The number of ether oxygens (including phenoxy) is 2. The molecule has 0 spiro atoms. The Kier molecular flexibility index (Phi) is 5.40. The van der Waals surface area contributed by atoms with Crippen molar-refractivity contribution in [3.05, 3.63) is 53.1 Å². The highest BCUT2D eigenvalue weighted by atomic mass is 16.5. The molecule has 0 fully saturated rings. The van der Waals surface area contributed by atoms with Crippen LogP contribution in [-0.4, -0.2) is 33.2 Å². The summed E-state index contributed by atoms with van der Waals surface area (Å²) in [6.45, 7) is 2.06. The van der Waals surface area contributed by atoms with Crippen molar-refractivity contribution in [3.8, 4) is 17.6 Å². The molecule has 6 heteroatoms. The molecule has 26 heavy (non-hydrogen) atoms. The number of carbonyl (C=O) groups is 1. The molecule has 134 valence electrons. The first-order valence-corrected chi connectivity index (χ1v) is 8.50. The zero-order valence-electron chi connectivity index (χ0n) is 15.0. The molecule has 2 N–H and O–H groups in total. The Morgan fingerprint density at radius 1 is 1.15 bits per heavy atom. The number of rotatable bonds is 5. The molecule has 3 rings (SSSR count). The first-order valence-electron chi connectivity index (χ1n) is 8.50. The van der Waals surface area contributed by atoms with Gasteiger partial charge in [-0.3, -0.25) is 4.79 Å². The van der Waals surface area contributed by atoms with Gasteiger partial charge in [0.15, 0.2) is 18.0 Å². The molecule has 0 saturated heterocycles. The Bertz CT molecular complexity index is 841. The van der Waals surface area contributed by atoms with Crippen molar-refractivity contribution in [3.63, 3.8) is 0 Å². The minimum absolute atomic E-state index is 0.0337. The van der Waals surface area contributed by atoms with Gasteiger partial charge in [-0.1, -0.05) is 0 Å². The van der Waals surface area contributed by atoms with Gasteiger partial charge in [0.1, 0.15) is 6.54 Å². The van der Waals surface area contributed by atoms with E-state index in [-0.39, 0.29) is 5.91 Å². The normalized spacial score (nSPS) is 15.5. The van der Waals surface area contributed by atoms with Gasteiger partial charge in [-0.25, -0.2) is 0 Å². The molecule has 1 heterocycles. The van der Waals surface area contributed by atoms with Crippen LogP contribution in [-0.2, 0) is 17.8 Å². The van der Waals surface area contributed by atoms with E-state index in [1.54, 1.807) is 38.5 Å². The Labute approximate surface area is 152 Å². The van der Waals surface area contributed by atoms with Gasteiger partial charge in [-0.2, -0.15) is 5.26 Å². The summed E-state index contributed by atoms with van der Waals surface area (Å²) in [6, 6.07) is 13.0. The molecule has 0 bridgehead atoms. The summed E-state index contributed by atoms with van der Waals surface area (Å²) in [5, 5.41) is 11.7. The first kappa shape index (κ1) is 17.8. The highest BCUT2D eigenvalue weighted by molar-refractivity contribution is 5.91. The van der Waals surface area contributed by atoms with Gasteiger partial charge in [0.25, 0.3) is 5.91 Å². The molecular weight excluding hydrogens is 330 g/mol. The predicted molar refractivity (Wildman–Crippen MR) is 97.4 cm³/mol. The predicted octanol–water partition coefficient (Wildman–Crippen LogP) is 1.16. The average molecular weight is 352 g/mol. The number of quaternary nitrogens is 1. The molecule has 1 atom stereocenters. The van der Waals surface area contributed by atoms with E-state index >= 15 is 0 Å². The maximum absolute atomic E-state index is 12.3. The van der Waals surface area contributed by atoms with E-state index in [9.17, 15) is 4.79 Å². The molecule has 1 unspecified atom stereocenters. The fourth-order valence-corrected chi connectivity index (χ4v) is 3.24. The monoisotopic (exact) mass is 352 g/mol. The number of hydrogen-bond donors (Lipinski definition) is 2. The lowest BCUT2D eigenvalue weighted by Gasteiger charge is -2.26. The quantitative estimate of drug-likeness (QED) is 0.847. The number of nitrogens with one attached hydrogen (secondary N) is 2. The number of fused-ring (bicyclic) bond motifs is 1. The topological polar surface area (TPSA) is 75.8 Å². The lowest BCUT2D eigenvalue weighted by Crippen LogP contribution is -3.12. The second-order valence-electron chi connectivity index (χ2n) is 6.32. The van der Waals surface area contributed by atoms with Crippen molar-refractivity contribution in [2.75, 3.05) is 32.6 Å². The van der Waals surface area contributed by atoms with Crippen LogP contribution >= 0.6 is 0 Å². The highest BCUT2D eigenvalue weighted by Crippen LogP contribution is 2.31. The van der Waals surface area contributed by atoms with Crippen molar-refractivity contribution in [2.45, 2.75) is 13.0 Å². The maximum atomic E-state index is 12.3. The number of anilines is 1. The zero-order valence-corrected chi connectivity index (χ0v) is 15.0. The van der Waals surface area contributed by atoms with E-state index in [0.29, 0.717) is 17.8 Å². The van der Waals surface area contributed by atoms with Crippen LogP contribution in [0.3, 0.4) is 0 Å². The average Bonchev–Trinajstić information content (AvgIpc) is 2.67. The second-order valence-corrected chi connectivity index (χ2v) is 6.32. The molecule has 2 aromatic carbocycles. The van der Waals surface area contributed by atoms with Crippen LogP contribution in [0.1, 0.15) is 16.7 Å². The van der Waals surface area contributed by atoms with Crippen LogP contribution in [0.15, 0.2) is 36.4 Å². The van der Waals surface area contributed by atoms with Gasteiger partial charge >= 0.3 is 0 Å². The van der Waals surface area contributed by atoms with Gasteiger partial charge in [0.05, 0.1) is 32.4 Å². The van der Waals surface area contributed by atoms with Crippen molar-refractivity contribution in [1.29, 1.82) is 5.26 Å². The number of hydrogen-bond acceptors (Lipinski definition) is 4. The van der Waals surface area contributed by atoms with Crippen LogP contribution in [0.5, 0.6) is 11.5 Å². The third-order valence-electron chi connectivity index (χ3n) is 4.60. The Morgan fingerprint density at radius 3 is 2.42 bits per heavy atom. The van der Waals surface area contributed by atoms with Crippen molar-refractivity contribution in [1.82, 2.24) is 0 Å². The lowest BCUT2D eigenvalue weighted by molar-refractivity contribution is -0.907. The first-order chi connectivity index (χ1) is 12.6. The Hall–Kier alpha value is -3.04. The minimum Gasteiger partial charge on any atom is -0.493 e. The lowest BCUT2D eigenvalue weighted by atomic mass is 9.99. The van der Waals surface area contributed by atoms with Gasteiger partial charge in [0, 0.05) is 17.7 Å². The van der Waals surface area contributed by atoms with Gasteiger partial charge in [-0.15, -0.1) is 0 Å². The van der Waals surface area contributed by atoms with E-state index in [1.165, 1.54) is 16.0 Å². The fourth-order valence-electron chi connectivity index (χ4n) is 3.24. The van der Waals surface area contributed by atoms with Gasteiger partial charge in [0.2, 0.25) is 0 Å². The van der Waals surface area contributed by atoms with Crippen LogP contribution in [0, 0.1) is 11.3 Å². The molecule has 0 aliphatic carbocycles. The van der Waals surface area contributed by atoms with Crippen LogP contribution in [0.2, 0.25) is 0 Å². The SMILES string of the molecule is COc1cc2c(cc1OC)C[NH+](CC(=O)Nc1ccc(C#N)cc1)CC2. The smallest absolute Gasteiger partial charge is 0.279 e. The molecule has 0 aromatic heterocycles. The molecule has 0 saturated carbocycles. The Balaban J connectivity index is 1.63. The molecule has 6 nitrogen and oxygen atoms in total. The summed E-state index contributed by atoms with van der Waals surface area (Å²) in [5.41, 5.74) is 3.72. The largest absolute Gasteiger partial charge is 0.493 e. The second kappa shape index (κ2) is 7.89. The van der Waals surface area contributed by atoms with Crippen LogP contribution in [0.4, 0.5) is 5.69 Å². The van der Waals surface area contributed by atoms with E-state index in [1.807, 2.05) is 12.1 Å². The Morgan fingerprint density at radius 2 is 1.81 bits per heavy atom. The van der Waals surface area contributed by atoms with Crippen LogP contribution < -0.4 is 19.7 Å². The third-order valence-corrected chi connectivity index (χ3v) is 4.60. The third kappa shape index (κ3) is 3.95. The molecule has 0 radical (unpaired) electrons. The molecular formula is C20H22N3O3+. The van der Waals surface area contributed by atoms with Crippen molar-refractivity contribution < 1.29 is 19.2 Å². The summed E-state index contributed by atoms with van der Waals surface area (Å²) in [6.07, 6.45) is 0.898. The van der Waals surface area contributed by atoms with Crippen molar-refractivity contribution >= 4 is 11.6 Å². The summed E-state index contributed by atoms with van der Waals surface area (Å²) in [4.78, 5) is 13.5. The van der Waals surface area contributed by atoms with Gasteiger partial charge < -0.3 is 19.7 Å².